The second-order valence-electron chi connectivity index (χ2n) is 7.55. The van der Waals surface area contributed by atoms with Gasteiger partial charge in [-0.3, -0.25) is 9.69 Å². The molecule has 1 aliphatic heterocycles. The first kappa shape index (κ1) is 20.2. The van der Waals surface area contributed by atoms with Crippen LogP contribution in [0.15, 0.2) is 29.2 Å². The summed E-state index contributed by atoms with van der Waals surface area (Å²) < 4.78 is 40.4. The molecule has 0 aromatic heterocycles. The number of amides is 1. The predicted octanol–water partition coefficient (Wildman–Crippen LogP) is 1.83. The number of hydrogen-bond acceptors (Lipinski definition) is 4. The topological polar surface area (TPSA) is 69.7 Å². The number of sulfonamides is 1. The molecule has 1 amide bonds. The molecule has 0 spiro atoms. The zero-order chi connectivity index (χ0) is 19.4. The van der Waals surface area contributed by atoms with Crippen molar-refractivity contribution >= 4 is 15.9 Å². The number of piperazine rings is 1. The highest BCUT2D eigenvalue weighted by atomic mass is 32.2. The van der Waals surface area contributed by atoms with E-state index in [1.807, 2.05) is 4.90 Å². The van der Waals surface area contributed by atoms with Crippen LogP contribution in [0.3, 0.4) is 0 Å². The average Bonchev–Trinajstić information content (AvgIpc) is 2.64. The summed E-state index contributed by atoms with van der Waals surface area (Å²) in [6.45, 7) is 3.88. The van der Waals surface area contributed by atoms with Crippen LogP contribution in [0.4, 0.5) is 4.39 Å². The first-order valence-corrected chi connectivity index (χ1v) is 11.1. The quantitative estimate of drug-likeness (QED) is 0.823. The fraction of sp³-hybridized carbons (Fsp3) is 0.632. The van der Waals surface area contributed by atoms with Crippen LogP contribution < -0.4 is 5.32 Å². The Morgan fingerprint density at radius 3 is 2.48 bits per heavy atom. The smallest absolute Gasteiger partial charge is 0.246 e. The molecule has 27 heavy (non-hydrogen) atoms. The summed E-state index contributed by atoms with van der Waals surface area (Å²) in [4.78, 5) is 14.0. The van der Waals surface area contributed by atoms with E-state index >= 15 is 0 Å². The number of hydrogen-bond donors (Lipinski definition) is 1. The van der Waals surface area contributed by atoms with Gasteiger partial charge in [0.25, 0.3) is 0 Å². The summed E-state index contributed by atoms with van der Waals surface area (Å²) in [5.74, 6) is -0.231. The van der Waals surface area contributed by atoms with E-state index in [9.17, 15) is 17.6 Å². The first-order valence-electron chi connectivity index (χ1n) is 9.64. The molecule has 0 radical (unpaired) electrons. The molecule has 1 aromatic carbocycles. The van der Waals surface area contributed by atoms with Gasteiger partial charge in [0.1, 0.15) is 10.7 Å². The van der Waals surface area contributed by atoms with E-state index in [1.165, 1.54) is 28.9 Å². The maximum atomic E-state index is 13.9. The van der Waals surface area contributed by atoms with Crippen molar-refractivity contribution in [3.05, 3.63) is 30.1 Å². The van der Waals surface area contributed by atoms with Gasteiger partial charge in [0.05, 0.1) is 6.54 Å². The summed E-state index contributed by atoms with van der Waals surface area (Å²) >= 11 is 0. The second-order valence-corrected chi connectivity index (χ2v) is 9.45. The van der Waals surface area contributed by atoms with Crippen LogP contribution in [0, 0.1) is 11.7 Å². The van der Waals surface area contributed by atoms with Crippen LogP contribution in [-0.4, -0.2) is 62.3 Å². The van der Waals surface area contributed by atoms with Crippen molar-refractivity contribution < 1.29 is 17.6 Å². The second kappa shape index (κ2) is 8.67. The molecular formula is C19H28FN3O3S. The van der Waals surface area contributed by atoms with E-state index in [1.54, 1.807) is 0 Å². The molecule has 0 bridgehead atoms. The third-order valence-electron chi connectivity index (χ3n) is 5.61. The minimum Gasteiger partial charge on any atom is -0.352 e. The monoisotopic (exact) mass is 397 g/mol. The van der Waals surface area contributed by atoms with Crippen LogP contribution in [0.1, 0.15) is 32.6 Å². The number of carbonyl (C=O) groups excluding carboxylic acids is 1. The summed E-state index contributed by atoms with van der Waals surface area (Å²) in [6.07, 6.45) is 4.56. The first-order chi connectivity index (χ1) is 12.9. The van der Waals surface area contributed by atoms with E-state index in [0.717, 1.165) is 25.3 Å². The predicted molar refractivity (Wildman–Crippen MR) is 101 cm³/mol. The summed E-state index contributed by atoms with van der Waals surface area (Å²) in [5, 5.41) is 3.13. The molecule has 1 saturated heterocycles. The standard InChI is InChI=1S/C19H28FN3O3S/c1-15-6-2-4-8-17(15)21-19(24)14-22-10-12-23(13-11-22)27(25,26)18-9-5-3-7-16(18)20/h3,5,7,9,15,17H,2,4,6,8,10-14H2,1H3,(H,21,24)/t15-,17-/m0/s1. The Hall–Kier alpha value is -1.51. The Labute approximate surface area is 160 Å². The van der Waals surface area contributed by atoms with E-state index in [4.69, 9.17) is 0 Å². The maximum Gasteiger partial charge on any atom is 0.246 e. The van der Waals surface area contributed by atoms with Gasteiger partial charge in [0.15, 0.2) is 0 Å². The minimum atomic E-state index is -3.84. The molecule has 1 aliphatic carbocycles. The number of nitrogens with one attached hydrogen (secondary N) is 1. The third kappa shape index (κ3) is 4.86. The highest BCUT2D eigenvalue weighted by Gasteiger charge is 2.31. The molecule has 1 saturated carbocycles. The number of benzene rings is 1. The molecule has 2 atom stereocenters. The fourth-order valence-corrected chi connectivity index (χ4v) is 5.39. The lowest BCUT2D eigenvalue weighted by Crippen LogP contribution is -2.52. The van der Waals surface area contributed by atoms with Crippen molar-refractivity contribution in [1.82, 2.24) is 14.5 Å². The lowest BCUT2D eigenvalue weighted by atomic mass is 9.86. The molecule has 150 valence electrons. The molecule has 1 aromatic rings. The van der Waals surface area contributed by atoms with E-state index < -0.39 is 15.8 Å². The average molecular weight is 398 g/mol. The van der Waals surface area contributed by atoms with Crippen molar-refractivity contribution in [3.63, 3.8) is 0 Å². The summed E-state index contributed by atoms with van der Waals surface area (Å²) in [6, 6.07) is 5.67. The van der Waals surface area contributed by atoms with Crippen LogP contribution >= 0.6 is 0 Å². The molecular weight excluding hydrogens is 369 g/mol. The van der Waals surface area contributed by atoms with Crippen LogP contribution in [0.2, 0.25) is 0 Å². The molecule has 3 rings (SSSR count). The number of rotatable bonds is 5. The summed E-state index contributed by atoms with van der Waals surface area (Å²) in [5.41, 5.74) is 0. The van der Waals surface area contributed by atoms with Gasteiger partial charge in [-0.15, -0.1) is 0 Å². The minimum absolute atomic E-state index is 0.000777. The van der Waals surface area contributed by atoms with Crippen molar-refractivity contribution in [2.75, 3.05) is 32.7 Å². The summed E-state index contributed by atoms with van der Waals surface area (Å²) in [7, 11) is -3.84. The van der Waals surface area contributed by atoms with Gasteiger partial charge in [-0.2, -0.15) is 4.31 Å². The van der Waals surface area contributed by atoms with Gasteiger partial charge in [-0.05, 0) is 30.9 Å². The fourth-order valence-electron chi connectivity index (χ4n) is 3.91. The largest absolute Gasteiger partial charge is 0.352 e. The Bertz CT molecular complexity index is 763. The number of carbonyl (C=O) groups is 1. The molecule has 6 nitrogen and oxygen atoms in total. The molecule has 2 aliphatic rings. The lowest BCUT2D eigenvalue weighted by molar-refractivity contribution is -0.123. The van der Waals surface area contributed by atoms with Crippen molar-refractivity contribution in [3.8, 4) is 0 Å². The zero-order valence-electron chi connectivity index (χ0n) is 15.7. The van der Waals surface area contributed by atoms with Gasteiger partial charge in [0, 0.05) is 32.2 Å². The Balaban J connectivity index is 1.51. The van der Waals surface area contributed by atoms with Gasteiger partial charge in [-0.1, -0.05) is 31.9 Å². The number of halogens is 1. The molecule has 0 unspecified atom stereocenters. The van der Waals surface area contributed by atoms with Crippen LogP contribution in [0.5, 0.6) is 0 Å². The van der Waals surface area contributed by atoms with Gasteiger partial charge in [-0.25, -0.2) is 12.8 Å². The van der Waals surface area contributed by atoms with Gasteiger partial charge >= 0.3 is 0 Å². The van der Waals surface area contributed by atoms with E-state index in [0.29, 0.717) is 19.0 Å². The van der Waals surface area contributed by atoms with Crippen LogP contribution in [-0.2, 0) is 14.8 Å². The highest BCUT2D eigenvalue weighted by Crippen LogP contribution is 2.24. The highest BCUT2D eigenvalue weighted by molar-refractivity contribution is 7.89. The van der Waals surface area contributed by atoms with Crippen molar-refractivity contribution in [2.45, 2.75) is 43.5 Å². The Morgan fingerprint density at radius 1 is 1.15 bits per heavy atom. The number of nitrogens with zero attached hydrogens (tertiary/aromatic N) is 2. The molecule has 8 heteroatoms. The molecule has 1 heterocycles. The molecule has 2 fully saturated rings. The third-order valence-corrected chi connectivity index (χ3v) is 7.54. The Morgan fingerprint density at radius 2 is 1.81 bits per heavy atom. The van der Waals surface area contributed by atoms with E-state index in [2.05, 4.69) is 12.2 Å². The zero-order valence-corrected chi connectivity index (χ0v) is 16.5. The maximum absolute atomic E-state index is 13.9. The van der Waals surface area contributed by atoms with E-state index in [-0.39, 0.29) is 36.5 Å². The lowest BCUT2D eigenvalue weighted by Gasteiger charge is -2.34. The SMILES string of the molecule is C[C@H]1CCCC[C@@H]1NC(=O)CN1CCN(S(=O)(=O)c2ccccc2F)CC1. The van der Waals surface area contributed by atoms with Gasteiger partial charge in [0.2, 0.25) is 15.9 Å². The van der Waals surface area contributed by atoms with Crippen LogP contribution in [0.25, 0.3) is 0 Å². The van der Waals surface area contributed by atoms with Gasteiger partial charge < -0.3 is 5.32 Å². The Kier molecular flexibility index (Phi) is 6.49. The normalized spacial score (nSPS) is 25.3. The van der Waals surface area contributed by atoms with Crippen molar-refractivity contribution in [1.29, 1.82) is 0 Å². The molecule has 1 N–H and O–H groups in total. The van der Waals surface area contributed by atoms with Crippen molar-refractivity contribution in [2.24, 2.45) is 5.92 Å².